The van der Waals surface area contributed by atoms with E-state index in [2.05, 4.69) is 15.3 Å². The van der Waals surface area contributed by atoms with E-state index in [1.165, 1.54) is 31.6 Å². The summed E-state index contributed by atoms with van der Waals surface area (Å²) in [7, 11) is -2.46. The van der Waals surface area contributed by atoms with Gasteiger partial charge in [-0.05, 0) is 37.6 Å². The average Bonchev–Trinajstić information content (AvgIpc) is 3.08. The van der Waals surface area contributed by atoms with Crippen LogP contribution in [0.2, 0.25) is 0 Å². The zero-order valence-electron chi connectivity index (χ0n) is 17.0. The van der Waals surface area contributed by atoms with Gasteiger partial charge in [0.15, 0.2) is 0 Å². The molecule has 2 heterocycles. The van der Waals surface area contributed by atoms with E-state index >= 15 is 0 Å². The third-order valence-corrected chi connectivity index (χ3v) is 6.28. The third-order valence-electron chi connectivity index (χ3n) is 4.49. The molecule has 2 aromatic heterocycles. The van der Waals surface area contributed by atoms with Crippen LogP contribution in [0.25, 0.3) is 11.0 Å². The van der Waals surface area contributed by atoms with E-state index < -0.39 is 15.9 Å². The maximum absolute atomic E-state index is 12.6. The van der Waals surface area contributed by atoms with Gasteiger partial charge in [0.05, 0.1) is 17.6 Å². The van der Waals surface area contributed by atoms with Gasteiger partial charge < -0.3 is 9.30 Å². The number of carbonyl (C=O) groups is 1. The molecule has 0 radical (unpaired) electrons. The number of hydrogen-bond acceptors (Lipinski definition) is 6. The van der Waals surface area contributed by atoms with Gasteiger partial charge in [0.25, 0.3) is 0 Å². The van der Waals surface area contributed by atoms with E-state index in [1.807, 2.05) is 35.8 Å². The van der Waals surface area contributed by atoms with Crippen LogP contribution in [0.4, 0.5) is 5.95 Å². The van der Waals surface area contributed by atoms with Gasteiger partial charge in [-0.1, -0.05) is 12.1 Å². The molecule has 1 amide bonds. The number of nitrogens with zero attached hydrogens (tertiary/aromatic N) is 4. The van der Waals surface area contributed by atoms with E-state index in [4.69, 9.17) is 4.74 Å². The molecule has 30 heavy (non-hydrogen) atoms. The molecule has 3 rings (SSSR count). The largest absolute Gasteiger partial charge is 0.382 e. The summed E-state index contributed by atoms with van der Waals surface area (Å²) < 4.78 is 33.5. The molecule has 0 saturated carbocycles. The van der Waals surface area contributed by atoms with E-state index in [1.54, 1.807) is 0 Å². The quantitative estimate of drug-likeness (QED) is 0.493. The van der Waals surface area contributed by atoms with Crippen molar-refractivity contribution in [1.29, 1.82) is 0 Å². The fourth-order valence-corrected chi connectivity index (χ4v) is 4.09. The fourth-order valence-electron chi connectivity index (χ4n) is 3.00. The van der Waals surface area contributed by atoms with Gasteiger partial charge in [-0.15, -0.1) is 0 Å². The molecule has 160 valence electrons. The van der Waals surface area contributed by atoms with Crippen LogP contribution < -0.4 is 5.32 Å². The van der Waals surface area contributed by atoms with Crippen LogP contribution in [0.15, 0.2) is 53.7 Å². The molecule has 0 aliphatic carbocycles. The number of pyridine rings is 1. The maximum atomic E-state index is 12.6. The highest BCUT2D eigenvalue weighted by Gasteiger charge is 2.24. The second-order valence-electron chi connectivity index (χ2n) is 6.62. The van der Waals surface area contributed by atoms with Crippen LogP contribution >= 0.6 is 0 Å². The smallest absolute Gasteiger partial charge is 0.244 e. The zero-order chi connectivity index (χ0) is 21.6. The fraction of sp³-hybridized carbons (Fsp3) is 0.350. The van der Waals surface area contributed by atoms with Gasteiger partial charge >= 0.3 is 0 Å². The maximum Gasteiger partial charge on any atom is 0.244 e. The lowest BCUT2D eigenvalue weighted by molar-refractivity contribution is -0.116. The van der Waals surface area contributed by atoms with Crippen LogP contribution in [0.3, 0.4) is 0 Å². The first kappa shape index (κ1) is 21.9. The van der Waals surface area contributed by atoms with Crippen LogP contribution in [0, 0.1) is 0 Å². The Balaban J connectivity index is 1.74. The number of aromatic nitrogens is 3. The first-order valence-corrected chi connectivity index (χ1v) is 11.1. The van der Waals surface area contributed by atoms with E-state index in [0.29, 0.717) is 25.7 Å². The molecule has 0 unspecified atom stereocenters. The molecular weight excluding hydrogens is 406 g/mol. The molecule has 10 heteroatoms. The standard InChI is InChI=1S/C20H25N5O4S/c1-3-29-13-7-12-25-18-10-5-4-9-17(18)22-20(25)23-19(26)15-24(2)30(27,28)16-8-6-11-21-14-16/h4-6,8-11,14H,3,7,12-13,15H2,1-2H3,(H,22,23,26). The van der Waals surface area contributed by atoms with E-state index in [9.17, 15) is 13.2 Å². The molecule has 1 aromatic carbocycles. The van der Waals surface area contributed by atoms with Crippen molar-refractivity contribution < 1.29 is 17.9 Å². The highest BCUT2D eigenvalue weighted by molar-refractivity contribution is 7.89. The molecule has 0 aliphatic rings. The Bertz CT molecular complexity index is 1100. The lowest BCUT2D eigenvalue weighted by Crippen LogP contribution is -2.35. The lowest BCUT2D eigenvalue weighted by Gasteiger charge is -2.17. The number of likely N-dealkylation sites (N-methyl/N-ethyl adjacent to an activating group) is 1. The SMILES string of the molecule is CCOCCCn1c(NC(=O)CN(C)S(=O)(=O)c2cccnc2)nc2ccccc21. The van der Waals surface area contributed by atoms with Gasteiger partial charge in [0.2, 0.25) is 21.9 Å². The van der Waals surface area contributed by atoms with Gasteiger partial charge in [0.1, 0.15) is 4.90 Å². The zero-order valence-corrected chi connectivity index (χ0v) is 17.8. The Kier molecular flexibility index (Phi) is 7.14. The molecule has 0 aliphatic heterocycles. The minimum atomic E-state index is -3.82. The minimum Gasteiger partial charge on any atom is -0.382 e. The number of sulfonamides is 1. The molecule has 0 bridgehead atoms. The second kappa shape index (κ2) is 9.79. The summed E-state index contributed by atoms with van der Waals surface area (Å²) >= 11 is 0. The number of nitrogens with one attached hydrogen (secondary N) is 1. The van der Waals surface area contributed by atoms with Crippen LogP contribution in [-0.4, -0.2) is 60.0 Å². The first-order valence-electron chi connectivity index (χ1n) is 9.62. The monoisotopic (exact) mass is 431 g/mol. The second-order valence-corrected chi connectivity index (χ2v) is 8.67. The number of aryl methyl sites for hydroxylation is 1. The number of amides is 1. The molecule has 0 spiro atoms. The summed E-state index contributed by atoms with van der Waals surface area (Å²) in [6.07, 6.45) is 3.50. The molecule has 0 saturated heterocycles. The number of fused-ring (bicyclic) bond motifs is 1. The van der Waals surface area contributed by atoms with Crippen molar-refractivity contribution in [2.75, 3.05) is 32.1 Å². The predicted molar refractivity (Wildman–Crippen MR) is 114 cm³/mol. The summed E-state index contributed by atoms with van der Waals surface area (Å²) in [4.78, 5) is 20.9. The summed E-state index contributed by atoms with van der Waals surface area (Å²) in [6.45, 7) is 3.45. The Labute approximate surface area is 175 Å². The topological polar surface area (TPSA) is 106 Å². The van der Waals surface area contributed by atoms with E-state index in [0.717, 1.165) is 21.8 Å². The summed E-state index contributed by atoms with van der Waals surface area (Å²) in [5, 5.41) is 2.75. The number of ether oxygens (including phenoxy) is 1. The van der Waals surface area contributed by atoms with Crippen molar-refractivity contribution in [3.05, 3.63) is 48.8 Å². The third kappa shape index (κ3) is 5.02. The van der Waals surface area contributed by atoms with Crippen LogP contribution in [-0.2, 0) is 26.1 Å². The molecule has 1 N–H and O–H groups in total. The number of para-hydroxylation sites is 2. The average molecular weight is 432 g/mol. The van der Waals surface area contributed by atoms with Crippen molar-refractivity contribution in [3.63, 3.8) is 0 Å². The Morgan fingerprint density at radius 1 is 1.23 bits per heavy atom. The highest BCUT2D eigenvalue weighted by Crippen LogP contribution is 2.20. The molecular formula is C20H25N5O4S. The summed E-state index contributed by atoms with van der Waals surface area (Å²) in [5.74, 6) is -0.101. The number of imidazole rings is 1. The minimum absolute atomic E-state index is 0.0310. The normalized spacial score (nSPS) is 11.8. The van der Waals surface area contributed by atoms with Crippen molar-refractivity contribution in [2.24, 2.45) is 0 Å². The summed E-state index contributed by atoms with van der Waals surface area (Å²) in [6, 6.07) is 10.5. The van der Waals surface area contributed by atoms with Gasteiger partial charge in [-0.25, -0.2) is 13.4 Å². The van der Waals surface area contributed by atoms with Gasteiger partial charge in [-0.2, -0.15) is 4.31 Å². The van der Waals surface area contributed by atoms with Gasteiger partial charge in [-0.3, -0.25) is 15.1 Å². The molecule has 3 aromatic rings. The number of rotatable bonds is 10. The Hall–Kier alpha value is -2.82. The van der Waals surface area contributed by atoms with Crippen molar-refractivity contribution in [1.82, 2.24) is 18.8 Å². The number of anilines is 1. The summed E-state index contributed by atoms with van der Waals surface area (Å²) in [5.41, 5.74) is 1.64. The van der Waals surface area contributed by atoms with Crippen molar-refractivity contribution >= 4 is 32.9 Å². The van der Waals surface area contributed by atoms with E-state index in [-0.39, 0.29) is 11.4 Å². The van der Waals surface area contributed by atoms with Gasteiger partial charge in [0, 0.05) is 39.2 Å². The van der Waals surface area contributed by atoms with Crippen LogP contribution in [0.1, 0.15) is 13.3 Å². The number of hydrogen-bond donors (Lipinski definition) is 1. The molecule has 9 nitrogen and oxygen atoms in total. The predicted octanol–water partition coefficient (Wildman–Crippen LogP) is 2.12. The number of carbonyl (C=O) groups excluding carboxylic acids is 1. The lowest BCUT2D eigenvalue weighted by atomic mass is 10.3. The van der Waals surface area contributed by atoms with Crippen LogP contribution in [0.5, 0.6) is 0 Å². The Morgan fingerprint density at radius 2 is 2.03 bits per heavy atom. The van der Waals surface area contributed by atoms with Crippen molar-refractivity contribution in [3.8, 4) is 0 Å². The first-order chi connectivity index (χ1) is 14.4. The highest BCUT2D eigenvalue weighted by atomic mass is 32.2. The molecule has 0 fully saturated rings. The Morgan fingerprint density at radius 3 is 2.77 bits per heavy atom. The number of benzene rings is 1. The van der Waals surface area contributed by atoms with Crippen molar-refractivity contribution in [2.45, 2.75) is 24.8 Å². The molecule has 0 atom stereocenters.